The highest BCUT2D eigenvalue weighted by atomic mass is 32.1. The van der Waals surface area contributed by atoms with Gasteiger partial charge >= 0.3 is 0 Å². The van der Waals surface area contributed by atoms with Gasteiger partial charge in [0.2, 0.25) is 5.89 Å². The molecule has 0 bridgehead atoms. The number of rotatable bonds is 5. The predicted octanol–water partition coefficient (Wildman–Crippen LogP) is 4.44. The van der Waals surface area contributed by atoms with E-state index >= 15 is 0 Å². The zero-order valence-corrected chi connectivity index (χ0v) is 17.9. The second kappa shape index (κ2) is 7.51. The maximum absolute atomic E-state index is 13.1. The van der Waals surface area contributed by atoms with Crippen molar-refractivity contribution in [2.24, 2.45) is 0 Å². The van der Waals surface area contributed by atoms with E-state index in [1.54, 1.807) is 25.4 Å². The van der Waals surface area contributed by atoms with Crippen molar-refractivity contribution in [2.75, 3.05) is 7.11 Å². The van der Waals surface area contributed by atoms with Gasteiger partial charge in [-0.1, -0.05) is 11.2 Å². The molecule has 9 heteroatoms. The van der Waals surface area contributed by atoms with Gasteiger partial charge in [0.15, 0.2) is 5.52 Å². The van der Waals surface area contributed by atoms with Crippen LogP contribution in [0.4, 0.5) is 0 Å². The minimum atomic E-state index is -0.343. The van der Waals surface area contributed by atoms with Gasteiger partial charge in [0.25, 0.3) is 5.56 Å². The Morgan fingerprint density at radius 2 is 1.94 bits per heavy atom. The van der Waals surface area contributed by atoms with Crippen LogP contribution in [0.25, 0.3) is 32.9 Å². The van der Waals surface area contributed by atoms with Crippen molar-refractivity contribution in [2.45, 2.75) is 20.4 Å². The minimum Gasteiger partial charge on any atom is -0.497 e. The third-order valence-corrected chi connectivity index (χ3v) is 5.90. The molecule has 0 amide bonds. The average molecular weight is 434 g/mol. The number of ether oxygens (including phenoxy) is 1. The van der Waals surface area contributed by atoms with Crippen LogP contribution in [0.15, 0.2) is 55.5 Å². The fraction of sp³-hybridized carbons (Fsp3) is 0.182. The maximum Gasteiger partial charge on any atom is 0.297 e. The predicted molar refractivity (Wildman–Crippen MR) is 116 cm³/mol. The van der Waals surface area contributed by atoms with E-state index < -0.39 is 0 Å². The molecule has 0 N–H and O–H groups in total. The average Bonchev–Trinajstić information content (AvgIpc) is 3.52. The molecule has 8 nitrogen and oxygen atoms in total. The number of hydrogen-bond donors (Lipinski definition) is 0. The summed E-state index contributed by atoms with van der Waals surface area (Å²) >= 11 is 1.54. The highest BCUT2D eigenvalue weighted by Gasteiger charge is 2.21. The summed E-state index contributed by atoms with van der Waals surface area (Å²) < 4.78 is 17.7. The molecule has 0 aliphatic heterocycles. The first kappa shape index (κ1) is 19.3. The van der Waals surface area contributed by atoms with Crippen molar-refractivity contribution in [3.63, 3.8) is 0 Å². The van der Waals surface area contributed by atoms with E-state index in [2.05, 4.69) is 15.2 Å². The van der Waals surface area contributed by atoms with E-state index in [4.69, 9.17) is 13.7 Å². The summed E-state index contributed by atoms with van der Waals surface area (Å²) in [6.45, 7) is 3.75. The van der Waals surface area contributed by atoms with Crippen LogP contribution in [0, 0.1) is 13.8 Å². The molecule has 0 atom stereocenters. The molecule has 0 fully saturated rings. The molecule has 0 saturated heterocycles. The smallest absolute Gasteiger partial charge is 0.297 e. The fourth-order valence-corrected chi connectivity index (χ4v) is 4.06. The lowest BCUT2D eigenvalue weighted by Crippen LogP contribution is -2.25. The number of nitrogens with zero attached hydrogens (tertiary/aromatic N) is 4. The van der Waals surface area contributed by atoms with E-state index in [1.807, 2.05) is 48.7 Å². The maximum atomic E-state index is 13.1. The zero-order chi connectivity index (χ0) is 21.5. The highest BCUT2D eigenvalue weighted by Crippen LogP contribution is 2.29. The summed E-state index contributed by atoms with van der Waals surface area (Å²) in [7, 11) is 1.61. The minimum absolute atomic E-state index is 0.157. The van der Waals surface area contributed by atoms with Crippen molar-refractivity contribution in [1.29, 1.82) is 0 Å². The van der Waals surface area contributed by atoms with Crippen LogP contribution in [0.5, 0.6) is 5.75 Å². The Hall–Kier alpha value is -3.72. The van der Waals surface area contributed by atoms with Crippen molar-refractivity contribution in [3.8, 4) is 27.8 Å². The van der Waals surface area contributed by atoms with Crippen molar-refractivity contribution in [1.82, 2.24) is 19.9 Å². The van der Waals surface area contributed by atoms with Crippen LogP contribution in [0.3, 0.4) is 0 Å². The monoisotopic (exact) mass is 434 g/mol. The number of benzene rings is 1. The summed E-state index contributed by atoms with van der Waals surface area (Å²) in [6, 6.07) is 11.3. The third-order valence-electron chi connectivity index (χ3n) is 5.04. The van der Waals surface area contributed by atoms with Crippen molar-refractivity contribution in [3.05, 3.63) is 69.3 Å². The van der Waals surface area contributed by atoms with E-state index in [9.17, 15) is 4.79 Å². The van der Waals surface area contributed by atoms with Gasteiger partial charge in [-0.3, -0.25) is 4.79 Å². The Labute approximate surface area is 180 Å². The zero-order valence-electron chi connectivity index (χ0n) is 17.1. The summed E-state index contributed by atoms with van der Waals surface area (Å²) in [5, 5.41) is 11.2. The van der Waals surface area contributed by atoms with Crippen molar-refractivity contribution < 1.29 is 13.7 Å². The van der Waals surface area contributed by atoms with E-state index in [1.165, 1.54) is 4.68 Å². The lowest BCUT2D eigenvalue weighted by molar-refractivity contribution is 0.405. The SMILES string of the molecule is COc1ccc(-c2nn(Cc3nc(-c4cccs4)oc3C)c(=O)c3noc(C)c23)cc1. The van der Waals surface area contributed by atoms with Gasteiger partial charge in [-0.25, -0.2) is 9.67 Å². The second-order valence-electron chi connectivity index (χ2n) is 7.00. The largest absolute Gasteiger partial charge is 0.497 e. The van der Waals surface area contributed by atoms with Gasteiger partial charge in [0.1, 0.15) is 28.7 Å². The first-order chi connectivity index (χ1) is 15.0. The van der Waals surface area contributed by atoms with Gasteiger partial charge < -0.3 is 13.7 Å². The number of aromatic nitrogens is 4. The van der Waals surface area contributed by atoms with Crippen LogP contribution in [0.2, 0.25) is 0 Å². The number of fused-ring (bicyclic) bond motifs is 1. The first-order valence-corrected chi connectivity index (χ1v) is 10.4. The lowest BCUT2D eigenvalue weighted by atomic mass is 10.1. The molecule has 5 aromatic rings. The number of oxazole rings is 1. The molecular formula is C22H18N4O4S. The van der Waals surface area contributed by atoms with E-state index in [0.29, 0.717) is 34.2 Å². The molecule has 31 heavy (non-hydrogen) atoms. The number of thiophene rings is 1. The van der Waals surface area contributed by atoms with Gasteiger partial charge in [-0.05, 0) is 49.6 Å². The standard InChI is InChI=1S/C22H18N4O4S/c1-12-16(23-21(29-12)17-5-4-10-31-17)11-26-22(27)20-18(13(2)30-25-20)19(24-26)14-6-8-15(28-3)9-7-14/h4-10H,11H2,1-3H3. The van der Waals surface area contributed by atoms with Crippen LogP contribution in [-0.4, -0.2) is 27.0 Å². The second-order valence-corrected chi connectivity index (χ2v) is 7.95. The lowest BCUT2D eigenvalue weighted by Gasteiger charge is -2.08. The van der Waals surface area contributed by atoms with Gasteiger partial charge in [-0.2, -0.15) is 5.10 Å². The van der Waals surface area contributed by atoms with Crippen LogP contribution in [0.1, 0.15) is 17.2 Å². The quantitative estimate of drug-likeness (QED) is 0.403. The molecule has 0 radical (unpaired) electrons. The van der Waals surface area contributed by atoms with Crippen LogP contribution >= 0.6 is 11.3 Å². The highest BCUT2D eigenvalue weighted by molar-refractivity contribution is 7.13. The number of methoxy groups -OCH3 is 1. The molecule has 4 aromatic heterocycles. The molecule has 5 rings (SSSR count). The molecule has 0 aliphatic rings. The summed E-state index contributed by atoms with van der Waals surface area (Å²) in [4.78, 5) is 18.6. The molecule has 156 valence electrons. The van der Waals surface area contributed by atoms with Gasteiger partial charge in [0.05, 0.1) is 23.9 Å². The van der Waals surface area contributed by atoms with Crippen molar-refractivity contribution >= 4 is 22.2 Å². The van der Waals surface area contributed by atoms with Gasteiger partial charge in [0, 0.05) is 5.56 Å². The van der Waals surface area contributed by atoms with E-state index in [0.717, 1.165) is 16.2 Å². The van der Waals surface area contributed by atoms with Crippen LogP contribution < -0.4 is 10.3 Å². The summed E-state index contributed by atoms with van der Waals surface area (Å²) in [5.41, 5.74) is 1.96. The molecule has 0 spiro atoms. The molecule has 0 unspecified atom stereocenters. The molecule has 0 aliphatic carbocycles. The Balaban J connectivity index is 1.63. The molecule has 4 heterocycles. The van der Waals surface area contributed by atoms with Gasteiger partial charge in [-0.15, -0.1) is 11.3 Å². The first-order valence-electron chi connectivity index (χ1n) is 9.57. The molecule has 0 saturated carbocycles. The molecule has 1 aromatic carbocycles. The van der Waals surface area contributed by atoms with Crippen LogP contribution in [-0.2, 0) is 6.54 Å². The normalized spacial score (nSPS) is 11.3. The summed E-state index contributed by atoms with van der Waals surface area (Å²) in [6.07, 6.45) is 0. The fourth-order valence-electron chi connectivity index (χ4n) is 3.42. The number of aryl methyl sites for hydroxylation is 2. The topological polar surface area (TPSA) is 96.2 Å². The number of hydrogen-bond acceptors (Lipinski definition) is 8. The van der Waals surface area contributed by atoms with E-state index in [-0.39, 0.29) is 17.6 Å². The Morgan fingerprint density at radius 1 is 1.13 bits per heavy atom. The summed E-state index contributed by atoms with van der Waals surface area (Å²) in [5.74, 6) is 2.44. The Morgan fingerprint density at radius 3 is 2.65 bits per heavy atom. The molecular weight excluding hydrogens is 416 g/mol. The third kappa shape index (κ3) is 3.32. The Bertz CT molecular complexity index is 1430. The Kier molecular flexibility index (Phi) is 4.67.